The summed E-state index contributed by atoms with van der Waals surface area (Å²) in [6.45, 7) is 0. The maximum absolute atomic E-state index is 13.0. The first-order valence-corrected chi connectivity index (χ1v) is 9.40. The number of amides is 1. The molecule has 4 aromatic rings. The first kappa shape index (κ1) is 19.8. The molecule has 3 N–H and O–H groups in total. The normalized spacial score (nSPS) is 10.6. The molecule has 1 heterocycles. The molecule has 0 spiro atoms. The van der Waals surface area contributed by atoms with E-state index in [0.29, 0.717) is 16.5 Å². The van der Waals surface area contributed by atoms with E-state index in [4.69, 9.17) is 0 Å². The molecular weight excluding hydrogens is 396 g/mol. The van der Waals surface area contributed by atoms with E-state index in [1.807, 2.05) is 30.3 Å². The van der Waals surface area contributed by atoms with Gasteiger partial charge in [0.2, 0.25) is 0 Å². The molecule has 4 rings (SSSR count). The van der Waals surface area contributed by atoms with Gasteiger partial charge in [0.15, 0.2) is 5.82 Å². The van der Waals surface area contributed by atoms with Crippen LogP contribution in [0.3, 0.4) is 0 Å². The summed E-state index contributed by atoms with van der Waals surface area (Å²) in [4.78, 5) is 38.2. The number of anilines is 3. The highest BCUT2D eigenvalue weighted by atomic mass is 16.4. The minimum Gasteiger partial charge on any atom is -0.478 e. The van der Waals surface area contributed by atoms with E-state index >= 15 is 0 Å². The number of carboxylic acids is 1. The number of carbonyl (C=O) groups is 2. The number of benzene rings is 3. The van der Waals surface area contributed by atoms with Crippen molar-refractivity contribution in [2.24, 2.45) is 0 Å². The van der Waals surface area contributed by atoms with Crippen LogP contribution in [-0.4, -0.2) is 34.2 Å². The number of aromatic amines is 1. The van der Waals surface area contributed by atoms with Crippen LogP contribution < -0.4 is 15.8 Å². The molecule has 31 heavy (non-hydrogen) atoms. The number of hydrogen-bond donors (Lipinski definition) is 3. The van der Waals surface area contributed by atoms with Crippen LogP contribution in [-0.2, 0) is 0 Å². The Balaban J connectivity index is 1.74. The van der Waals surface area contributed by atoms with E-state index < -0.39 is 17.4 Å². The second-order valence-corrected chi connectivity index (χ2v) is 6.84. The standard InChI is InChI=1S/C23H18N4O4/c1-27(22(29)17-9-5-6-10-18(17)23(30)31)20-16-12-11-15(13-19(16)21(28)26-25-20)24-14-7-3-2-4-8-14/h2-13,24H,1H3,(H,26,28)(H,30,31). The van der Waals surface area contributed by atoms with Gasteiger partial charge in [-0.3, -0.25) is 14.5 Å². The fourth-order valence-corrected chi connectivity index (χ4v) is 3.31. The Kier molecular flexibility index (Phi) is 5.19. The molecule has 1 amide bonds. The molecule has 0 saturated carbocycles. The molecule has 0 atom stereocenters. The lowest BCUT2D eigenvalue weighted by Crippen LogP contribution is -2.30. The van der Waals surface area contributed by atoms with E-state index in [1.54, 1.807) is 30.3 Å². The van der Waals surface area contributed by atoms with Crippen molar-refractivity contribution >= 4 is 39.8 Å². The first-order chi connectivity index (χ1) is 15.0. The smallest absolute Gasteiger partial charge is 0.336 e. The summed E-state index contributed by atoms with van der Waals surface area (Å²) >= 11 is 0. The van der Waals surface area contributed by atoms with Crippen LogP contribution in [0.4, 0.5) is 17.2 Å². The van der Waals surface area contributed by atoms with Crippen LogP contribution in [0, 0.1) is 0 Å². The quantitative estimate of drug-likeness (QED) is 0.459. The van der Waals surface area contributed by atoms with Gasteiger partial charge in [-0.1, -0.05) is 30.3 Å². The lowest BCUT2D eigenvalue weighted by atomic mass is 10.1. The Morgan fingerprint density at radius 1 is 0.903 bits per heavy atom. The molecule has 3 aromatic carbocycles. The molecule has 0 saturated heterocycles. The summed E-state index contributed by atoms with van der Waals surface area (Å²) < 4.78 is 0. The van der Waals surface area contributed by atoms with Gasteiger partial charge >= 0.3 is 5.97 Å². The van der Waals surface area contributed by atoms with Crippen molar-refractivity contribution in [1.29, 1.82) is 0 Å². The van der Waals surface area contributed by atoms with Crippen molar-refractivity contribution in [3.63, 3.8) is 0 Å². The summed E-state index contributed by atoms with van der Waals surface area (Å²) in [7, 11) is 1.48. The molecule has 0 unspecified atom stereocenters. The third-order valence-corrected chi connectivity index (χ3v) is 4.84. The van der Waals surface area contributed by atoms with Crippen LogP contribution in [0.25, 0.3) is 10.8 Å². The Bertz CT molecular complexity index is 1350. The third kappa shape index (κ3) is 3.86. The number of carbonyl (C=O) groups excluding carboxylic acids is 1. The van der Waals surface area contributed by atoms with Gasteiger partial charge in [0.05, 0.1) is 16.5 Å². The van der Waals surface area contributed by atoms with Crippen molar-refractivity contribution in [2.75, 3.05) is 17.3 Å². The van der Waals surface area contributed by atoms with Gasteiger partial charge in [-0.15, -0.1) is 0 Å². The van der Waals surface area contributed by atoms with Gasteiger partial charge in [-0.25, -0.2) is 9.89 Å². The Labute approximate surface area is 176 Å². The molecule has 0 aliphatic heterocycles. The molecule has 8 heteroatoms. The van der Waals surface area contributed by atoms with Gasteiger partial charge in [-0.05, 0) is 42.5 Å². The third-order valence-electron chi connectivity index (χ3n) is 4.84. The summed E-state index contributed by atoms with van der Waals surface area (Å²) in [6.07, 6.45) is 0. The number of fused-ring (bicyclic) bond motifs is 1. The minimum absolute atomic E-state index is 0.0287. The second kappa shape index (κ2) is 8.11. The SMILES string of the molecule is CN(C(=O)c1ccccc1C(=O)O)c1n[nH]c(=O)c2cc(Nc3ccccc3)ccc12. The molecule has 0 aliphatic carbocycles. The fourth-order valence-electron chi connectivity index (χ4n) is 3.31. The first-order valence-electron chi connectivity index (χ1n) is 9.40. The van der Waals surface area contributed by atoms with Crippen molar-refractivity contribution in [1.82, 2.24) is 10.2 Å². The number of carboxylic acid groups (broad SMARTS) is 1. The summed E-state index contributed by atoms with van der Waals surface area (Å²) in [5, 5.41) is 19.9. The van der Waals surface area contributed by atoms with E-state index in [9.17, 15) is 19.5 Å². The molecule has 1 aromatic heterocycles. The zero-order valence-corrected chi connectivity index (χ0v) is 16.5. The highest BCUT2D eigenvalue weighted by Gasteiger charge is 2.23. The number of rotatable bonds is 5. The van der Waals surface area contributed by atoms with Gasteiger partial charge in [0, 0.05) is 23.8 Å². The zero-order chi connectivity index (χ0) is 22.0. The number of para-hydroxylation sites is 1. The molecule has 8 nitrogen and oxygen atoms in total. The number of nitrogens with zero attached hydrogens (tertiary/aromatic N) is 2. The van der Waals surface area contributed by atoms with E-state index in [-0.39, 0.29) is 16.9 Å². The average Bonchev–Trinajstić information content (AvgIpc) is 2.79. The number of H-pyrrole nitrogens is 1. The molecule has 0 bridgehead atoms. The molecule has 0 aliphatic rings. The predicted octanol–water partition coefficient (Wildman–Crippen LogP) is 3.64. The number of nitrogens with one attached hydrogen (secondary N) is 2. The Hall–Kier alpha value is -4.46. The summed E-state index contributed by atoms with van der Waals surface area (Å²) in [5.74, 6) is -1.54. The highest BCUT2D eigenvalue weighted by Crippen LogP contribution is 2.26. The fraction of sp³-hybridized carbons (Fsp3) is 0.0435. The predicted molar refractivity (Wildman–Crippen MR) is 118 cm³/mol. The summed E-state index contributed by atoms with van der Waals surface area (Å²) in [5.41, 5.74) is 1.09. The maximum Gasteiger partial charge on any atom is 0.336 e. The largest absolute Gasteiger partial charge is 0.478 e. The second-order valence-electron chi connectivity index (χ2n) is 6.84. The molecule has 0 fully saturated rings. The van der Waals surface area contributed by atoms with Crippen molar-refractivity contribution in [2.45, 2.75) is 0 Å². The van der Waals surface area contributed by atoms with Crippen LogP contribution in [0.5, 0.6) is 0 Å². The number of aromatic carboxylic acids is 1. The van der Waals surface area contributed by atoms with Crippen molar-refractivity contribution in [3.8, 4) is 0 Å². The molecular formula is C23H18N4O4. The van der Waals surface area contributed by atoms with Crippen LogP contribution in [0.15, 0.2) is 77.6 Å². The lowest BCUT2D eigenvalue weighted by molar-refractivity contribution is 0.0692. The zero-order valence-electron chi connectivity index (χ0n) is 16.5. The van der Waals surface area contributed by atoms with E-state index in [0.717, 1.165) is 5.69 Å². The van der Waals surface area contributed by atoms with Gasteiger partial charge in [0.25, 0.3) is 11.5 Å². The Morgan fingerprint density at radius 2 is 1.58 bits per heavy atom. The molecule has 0 radical (unpaired) electrons. The van der Waals surface area contributed by atoms with E-state index in [2.05, 4.69) is 15.5 Å². The van der Waals surface area contributed by atoms with Crippen LogP contribution in [0.2, 0.25) is 0 Å². The summed E-state index contributed by atoms with van der Waals surface area (Å²) in [6, 6.07) is 20.6. The van der Waals surface area contributed by atoms with Crippen LogP contribution in [0.1, 0.15) is 20.7 Å². The lowest BCUT2D eigenvalue weighted by Gasteiger charge is -2.19. The van der Waals surface area contributed by atoms with Gasteiger partial charge < -0.3 is 10.4 Å². The minimum atomic E-state index is -1.20. The topological polar surface area (TPSA) is 115 Å². The highest BCUT2D eigenvalue weighted by molar-refractivity contribution is 6.13. The maximum atomic E-state index is 13.0. The monoisotopic (exact) mass is 414 g/mol. The van der Waals surface area contributed by atoms with Crippen LogP contribution >= 0.6 is 0 Å². The molecule has 154 valence electrons. The number of aromatic nitrogens is 2. The van der Waals surface area contributed by atoms with Gasteiger partial charge in [-0.2, -0.15) is 5.10 Å². The van der Waals surface area contributed by atoms with Crippen molar-refractivity contribution < 1.29 is 14.7 Å². The number of hydrogen-bond acceptors (Lipinski definition) is 5. The Morgan fingerprint density at radius 3 is 2.29 bits per heavy atom. The van der Waals surface area contributed by atoms with Crippen molar-refractivity contribution in [3.05, 3.63) is 94.3 Å². The average molecular weight is 414 g/mol. The van der Waals surface area contributed by atoms with E-state index in [1.165, 1.54) is 24.1 Å². The van der Waals surface area contributed by atoms with Gasteiger partial charge in [0.1, 0.15) is 0 Å².